The molecular formula is C23H28ClN7O2S. The fourth-order valence-corrected chi connectivity index (χ4v) is 4.80. The molecule has 0 radical (unpaired) electrons. The Balaban J connectivity index is 0.00000274. The summed E-state index contributed by atoms with van der Waals surface area (Å²) < 4.78 is 6.94. The zero-order valence-corrected chi connectivity index (χ0v) is 20.9. The summed E-state index contributed by atoms with van der Waals surface area (Å²) >= 11 is 1.53. The van der Waals surface area contributed by atoms with E-state index in [0.29, 0.717) is 22.1 Å². The molecule has 0 atom stereocenters. The molecule has 0 saturated carbocycles. The standard InChI is InChI=1S/C23H27N7O2S.ClH/c1-13(2)32-17-6-4-14(21(24)31)12-16(17)26-23-28-20-18(33-23)7-5-15-19(20)27-22(25-15)30-10-8-29(3)9-11-30;/h4-7,12-13H,8-11H2,1-3H3,(H2,24,31)(H,25,27)(H,26,28);1H. The summed E-state index contributed by atoms with van der Waals surface area (Å²) in [5.41, 5.74) is 9.20. The zero-order valence-electron chi connectivity index (χ0n) is 19.3. The molecule has 1 amide bonds. The van der Waals surface area contributed by atoms with E-state index in [1.165, 1.54) is 11.3 Å². The molecule has 4 aromatic rings. The molecule has 0 aliphatic carbocycles. The second-order valence-corrected chi connectivity index (χ2v) is 9.58. The Hall–Kier alpha value is -3.08. The van der Waals surface area contributed by atoms with E-state index in [1.807, 2.05) is 19.9 Å². The van der Waals surface area contributed by atoms with Gasteiger partial charge in [-0.25, -0.2) is 9.97 Å². The molecule has 1 fully saturated rings. The number of aromatic amines is 1. The molecule has 2 aromatic heterocycles. The van der Waals surface area contributed by atoms with Gasteiger partial charge in [0.2, 0.25) is 11.9 Å². The van der Waals surface area contributed by atoms with Gasteiger partial charge in [-0.1, -0.05) is 11.3 Å². The number of aromatic nitrogens is 3. The smallest absolute Gasteiger partial charge is 0.248 e. The average Bonchev–Trinajstić information content (AvgIpc) is 3.38. The van der Waals surface area contributed by atoms with Crippen molar-refractivity contribution in [2.24, 2.45) is 5.73 Å². The molecule has 1 aliphatic heterocycles. The molecular weight excluding hydrogens is 474 g/mol. The van der Waals surface area contributed by atoms with E-state index in [4.69, 9.17) is 20.4 Å². The molecule has 3 heterocycles. The van der Waals surface area contributed by atoms with Crippen molar-refractivity contribution in [2.45, 2.75) is 20.0 Å². The van der Waals surface area contributed by atoms with Gasteiger partial charge >= 0.3 is 0 Å². The Morgan fingerprint density at radius 3 is 2.62 bits per heavy atom. The fourth-order valence-electron chi connectivity index (χ4n) is 3.92. The number of anilines is 3. The van der Waals surface area contributed by atoms with Gasteiger partial charge in [0.05, 0.1) is 22.0 Å². The molecule has 0 bridgehead atoms. The van der Waals surface area contributed by atoms with Crippen LogP contribution in [0.25, 0.3) is 21.3 Å². The van der Waals surface area contributed by atoms with Crippen LogP contribution in [0.5, 0.6) is 5.75 Å². The topological polar surface area (TPSA) is 112 Å². The highest BCUT2D eigenvalue weighted by Crippen LogP contribution is 2.36. The van der Waals surface area contributed by atoms with Crippen molar-refractivity contribution in [3.8, 4) is 5.75 Å². The molecule has 180 valence electrons. The first-order chi connectivity index (χ1) is 15.9. The number of carbonyl (C=O) groups is 1. The summed E-state index contributed by atoms with van der Waals surface area (Å²) in [5.74, 6) is 1.03. The molecule has 0 unspecified atom stereocenters. The van der Waals surface area contributed by atoms with Crippen LogP contribution in [-0.2, 0) is 0 Å². The second kappa shape index (κ2) is 9.65. The lowest BCUT2D eigenvalue weighted by Gasteiger charge is -2.32. The van der Waals surface area contributed by atoms with Crippen LogP contribution in [0.4, 0.5) is 16.8 Å². The van der Waals surface area contributed by atoms with Crippen LogP contribution < -0.4 is 20.7 Å². The number of carbonyl (C=O) groups excluding carboxylic acids is 1. The Morgan fingerprint density at radius 2 is 1.91 bits per heavy atom. The normalized spacial score (nSPS) is 14.5. The minimum absolute atomic E-state index is 0. The lowest BCUT2D eigenvalue weighted by molar-refractivity contribution is 0.100. The van der Waals surface area contributed by atoms with Gasteiger partial charge in [-0.15, -0.1) is 12.4 Å². The summed E-state index contributed by atoms with van der Waals surface area (Å²) in [6.07, 6.45) is -0.0166. The first-order valence-electron chi connectivity index (χ1n) is 11.0. The lowest BCUT2D eigenvalue weighted by atomic mass is 10.1. The Morgan fingerprint density at radius 1 is 1.15 bits per heavy atom. The van der Waals surface area contributed by atoms with E-state index in [9.17, 15) is 4.79 Å². The van der Waals surface area contributed by atoms with Crippen molar-refractivity contribution in [1.82, 2.24) is 19.9 Å². The molecule has 5 rings (SSSR count). The van der Waals surface area contributed by atoms with Crippen LogP contribution in [0.2, 0.25) is 0 Å². The third kappa shape index (κ3) is 4.75. The van der Waals surface area contributed by atoms with Crippen LogP contribution >= 0.6 is 23.7 Å². The monoisotopic (exact) mass is 501 g/mol. The maximum absolute atomic E-state index is 11.7. The lowest BCUT2D eigenvalue weighted by Crippen LogP contribution is -2.44. The van der Waals surface area contributed by atoms with E-state index in [0.717, 1.165) is 53.4 Å². The molecule has 0 spiro atoms. The summed E-state index contributed by atoms with van der Waals surface area (Å²) in [6, 6.07) is 9.22. The quantitative estimate of drug-likeness (QED) is 0.366. The molecule has 34 heavy (non-hydrogen) atoms. The van der Waals surface area contributed by atoms with Crippen molar-refractivity contribution in [2.75, 3.05) is 43.4 Å². The number of halogens is 1. The Kier molecular flexibility index (Phi) is 6.83. The highest BCUT2D eigenvalue weighted by atomic mass is 35.5. The summed E-state index contributed by atoms with van der Waals surface area (Å²) in [6.45, 7) is 7.83. The van der Waals surface area contributed by atoms with Gasteiger partial charge in [-0.05, 0) is 51.2 Å². The van der Waals surface area contributed by atoms with E-state index >= 15 is 0 Å². The highest BCUT2D eigenvalue weighted by Gasteiger charge is 2.19. The number of nitrogens with zero attached hydrogens (tertiary/aromatic N) is 4. The van der Waals surface area contributed by atoms with E-state index in [1.54, 1.807) is 18.2 Å². The van der Waals surface area contributed by atoms with Gasteiger partial charge in [-0.2, -0.15) is 0 Å². The van der Waals surface area contributed by atoms with Crippen LogP contribution in [0.15, 0.2) is 30.3 Å². The minimum Gasteiger partial charge on any atom is -0.489 e. The summed E-state index contributed by atoms with van der Waals surface area (Å²) in [5, 5.41) is 4.01. The van der Waals surface area contributed by atoms with Gasteiger partial charge in [0.25, 0.3) is 0 Å². The first-order valence-corrected chi connectivity index (χ1v) is 11.8. The predicted octanol–water partition coefficient (Wildman–Crippen LogP) is 3.98. The van der Waals surface area contributed by atoms with E-state index in [2.05, 4.69) is 33.2 Å². The van der Waals surface area contributed by atoms with Gasteiger partial charge in [0.1, 0.15) is 16.8 Å². The van der Waals surface area contributed by atoms with Crippen LogP contribution in [0, 0.1) is 0 Å². The fraction of sp³-hybridized carbons (Fsp3) is 0.348. The Labute approximate surface area is 207 Å². The number of rotatable bonds is 6. The SMILES string of the molecule is CC(C)Oc1ccc(C(N)=O)cc1Nc1nc2c(ccc3[nH]c(N4CCN(C)CC4)nc32)s1.Cl. The number of likely N-dealkylation sites (N-methyl/N-ethyl adjacent to an activating group) is 1. The zero-order chi connectivity index (χ0) is 23.1. The minimum atomic E-state index is -0.492. The number of thiazole rings is 1. The average molecular weight is 502 g/mol. The largest absolute Gasteiger partial charge is 0.489 e. The van der Waals surface area contributed by atoms with Gasteiger partial charge in [0.15, 0.2) is 5.13 Å². The number of nitrogens with two attached hydrogens (primary N) is 1. The van der Waals surface area contributed by atoms with Crippen LogP contribution in [-0.4, -0.2) is 65.1 Å². The van der Waals surface area contributed by atoms with Crippen molar-refractivity contribution < 1.29 is 9.53 Å². The molecule has 9 nitrogen and oxygen atoms in total. The second-order valence-electron chi connectivity index (χ2n) is 8.55. The number of piperazine rings is 1. The number of nitrogens with one attached hydrogen (secondary N) is 2. The third-order valence-corrected chi connectivity index (χ3v) is 6.61. The van der Waals surface area contributed by atoms with Crippen molar-refractivity contribution in [1.29, 1.82) is 0 Å². The van der Waals surface area contributed by atoms with E-state index in [-0.39, 0.29) is 18.5 Å². The number of ether oxygens (including phenoxy) is 1. The third-order valence-electron chi connectivity index (χ3n) is 5.67. The van der Waals surface area contributed by atoms with Crippen molar-refractivity contribution >= 4 is 67.7 Å². The molecule has 1 aliphatic rings. The van der Waals surface area contributed by atoms with E-state index < -0.39 is 5.91 Å². The predicted molar refractivity (Wildman–Crippen MR) is 140 cm³/mol. The van der Waals surface area contributed by atoms with Crippen molar-refractivity contribution in [3.63, 3.8) is 0 Å². The number of primary amides is 1. The first kappa shape index (κ1) is 24.1. The molecule has 1 saturated heterocycles. The number of hydrogen-bond acceptors (Lipinski definition) is 8. The van der Waals surface area contributed by atoms with Gasteiger partial charge in [0, 0.05) is 31.7 Å². The maximum Gasteiger partial charge on any atom is 0.248 e. The number of fused-ring (bicyclic) bond motifs is 3. The number of hydrogen-bond donors (Lipinski definition) is 3. The van der Waals surface area contributed by atoms with Crippen LogP contribution in [0.1, 0.15) is 24.2 Å². The molecule has 2 aromatic carbocycles. The molecule has 11 heteroatoms. The number of H-pyrrole nitrogens is 1. The van der Waals surface area contributed by atoms with Crippen LogP contribution in [0.3, 0.4) is 0 Å². The van der Waals surface area contributed by atoms with Gasteiger partial charge in [-0.3, -0.25) is 4.79 Å². The van der Waals surface area contributed by atoms with Gasteiger partial charge < -0.3 is 30.6 Å². The Bertz CT molecular complexity index is 1330. The van der Waals surface area contributed by atoms with Crippen molar-refractivity contribution in [3.05, 3.63) is 35.9 Å². The molecule has 4 N–H and O–H groups in total. The summed E-state index contributed by atoms with van der Waals surface area (Å²) in [4.78, 5) is 29.5. The highest BCUT2D eigenvalue weighted by molar-refractivity contribution is 7.22. The summed E-state index contributed by atoms with van der Waals surface area (Å²) in [7, 11) is 2.14. The number of imidazole rings is 1. The number of amides is 1. The number of benzene rings is 2. The maximum atomic E-state index is 11.7.